The Bertz CT molecular complexity index is 892. The van der Waals surface area contributed by atoms with Crippen molar-refractivity contribution in [1.29, 1.82) is 0 Å². The van der Waals surface area contributed by atoms with Crippen molar-refractivity contribution in [3.8, 4) is 11.5 Å². The summed E-state index contributed by atoms with van der Waals surface area (Å²) in [6, 6.07) is 9.98. The second-order valence-electron chi connectivity index (χ2n) is 5.00. The minimum Gasteiger partial charge on any atom is -0.493 e. The van der Waals surface area contributed by atoms with Crippen molar-refractivity contribution in [2.45, 2.75) is 11.8 Å². The van der Waals surface area contributed by atoms with E-state index < -0.39 is 16.1 Å². The molecule has 0 unspecified atom stereocenters. The number of hydrogen-bond donors (Lipinski definition) is 2. The number of rotatable bonds is 6. The standard InChI is InChI=1S/C16H17N3O5S/c1-11-3-6-13(7-4-11)25(21,22)24-14-8-5-12(9-15(14)23-2)10-18-19-16(17)20/h3-10H,1-2H3,(H3,17,19,20)/b18-10-. The fraction of sp³-hybridized carbons (Fsp3) is 0.125. The Morgan fingerprint density at radius 1 is 1.16 bits per heavy atom. The van der Waals surface area contributed by atoms with E-state index in [2.05, 4.69) is 10.5 Å². The number of carbonyl (C=O) groups is 1. The van der Waals surface area contributed by atoms with Gasteiger partial charge in [0, 0.05) is 0 Å². The normalized spacial score (nSPS) is 11.3. The molecule has 0 radical (unpaired) electrons. The maximum atomic E-state index is 12.3. The highest BCUT2D eigenvalue weighted by atomic mass is 32.2. The van der Waals surface area contributed by atoms with Crippen LogP contribution in [-0.4, -0.2) is 27.8 Å². The third-order valence-corrected chi connectivity index (χ3v) is 4.33. The van der Waals surface area contributed by atoms with Crippen LogP contribution >= 0.6 is 0 Å². The number of methoxy groups -OCH3 is 1. The molecule has 2 rings (SSSR count). The molecule has 8 nitrogen and oxygen atoms in total. The molecule has 25 heavy (non-hydrogen) atoms. The van der Waals surface area contributed by atoms with Crippen LogP contribution in [0.5, 0.6) is 11.5 Å². The molecule has 0 spiro atoms. The summed E-state index contributed by atoms with van der Waals surface area (Å²) in [6.07, 6.45) is 1.32. The largest absolute Gasteiger partial charge is 0.493 e. The number of aryl methyl sites for hydroxylation is 1. The highest BCUT2D eigenvalue weighted by molar-refractivity contribution is 7.87. The molecule has 2 aromatic rings. The van der Waals surface area contributed by atoms with Crippen LogP contribution in [0.4, 0.5) is 4.79 Å². The monoisotopic (exact) mass is 363 g/mol. The summed E-state index contributed by atoms with van der Waals surface area (Å²) in [5.41, 5.74) is 8.43. The number of ether oxygens (including phenoxy) is 1. The van der Waals surface area contributed by atoms with Crippen LogP contribution in [0.2, 0.25) is 0 Å². The van der Waals surface area contributed by atoms with Gasteiger partial charge < -0.3 is 14.7 Å². The van der Waals surface area contributed by atoms with Gasteiger partial charge in [-0.1, -0.05) is 17.7 Å². The Labute approximate surface area is 145 Å². The first-order valence-corrected chi connectivity index (χ1v) is 8.50. The third-order valence-electron chi connectivity index (χ3n) is 3.09. The number of hydrogen-bond acceptors (Lipinski definition) is 6. The predicted octanol–water partition coefficient (Wildman–Crippen LogP) is 1.77. The van der Waals surface area contributed by atoms with Crippen LogP contribution in [0.25, 0.3) is 0 Å². The van der Waals surface area contributed by atoms with E-state index in [1.54, 1.807) is 18.2 Å². The Hall–Kier alpha value is -3.07. The van der Waals surface area contributed by atoms with Crippen molar-refractivity contribution in [3.05, 3.63) is 53.6 Å². The lowest BCUT2D eigenvalue weighted by Gasteiger charge is -2.11. The lowest BCUT2D eigenvalue weighted by atomic mass is 10.2. The van der Waals surface area contributed by atoms with E-state index in [1.165, 1.54) is 37.6 Å². The molecule has 2 aromatic carbocycles. The molecule has 0 fully saturated rings. The van der Waals surface area contributed by atoms with Crippen molar-refractivity contribution in [1.82, 2.24) is 5.43 Å². The maximum absolute atomic E-state index is 12.3. The molecule has 0 aliphatic heterocycles. The van der Waals surface area contributed by atoms with Crippen molar-refractivity contribution in [2.75, 3.05) is 7.11 Å². The topological polar surface area (TPSA) is 120 Å². The lowest BCUT2D eigenvalue weighted by Crippen LogP contribution is -2.24. The van der Waals surface area contributed by atoms with E-state index in [9.17, 15) is 13.2 Å². The van der Waals surface area contributed by atoms with Gasteiger partial charge in [0.15, 0.2) is 11.5 Å². The third kappa shape index (κ3) is 4.95. The van der Waals surface area contributed by atoms with Crippen LogP contribution in [0, 0.1) is 6.92 Å². The van der Waals surface area contributed by atoms with Gasteiger partial charge in [0.1, 0.15) is 4.90 Å². The molecule has 0 saturated heterocycles. The SMILES string of the molecule is COc1cc(/C=N\NC(N)=O)ccc1OS(=O)(=O)c1ccc(C)cc1. The number of nitrogens with zero attached hydrogens (tertiary/aromatic N) is 1. The molecule has 0 bridgehead atoms. The number of nitrogens with two attached hydrogens (primary N) is 1. The van der Waals surface area contributed by atoms with E-state index in [1.807, 2.05) is 6.92 Å². The van der Waals surface area contributed by atoms with Gasteiger partial charge in [0.05, 0.1) is 13.3 Å². The summed E-state index contributed by atoms with van der Waals surface area (Å²) in [6.45, 7) is 1.85. The van der Waals surface area contributed by atoms with Gasteiger partial charge in [0.25, 0.3) is 0 Å². The Morgan fingerprint density at radius 3 is 2.44 bits per heavy atom. The summed E-state index contributed by atoms with van der Waals surface area (Å²) in [7, 11) is -2.61. The van der Waals surface area contributed by atoms with Gasteiger partial charge in [-0.15, -0.1) is 0 Å². The van der Waals surface area contributed by atoms with Crippen LogP contribution in [0.15, 0.2) is 52.5 Å². The van der Waals surface area contributed by atoms with Gasteiger partial charge in [-0.05, 0) is 42.8 Å². The van der Waals surface area contributed by atoms with Crippen LogP contribution < -0.4 is 20.1 Å². The van der Waals surface area contributed by atoms with Gasteiger partial charge in [0.2, 0.25) is 0 Å². The van der Waals surface area contributed by atoms with Crippen LogP contribution in [-0.2, 0) is 10.1 Å². The molecular formula is C16H17N3O5S. The van der Waals surface area contributed by atoms with E-state index in [0.29, 0.717) is 5.56 Å². The zero-order valence-corrected chi connectivity index (χ0v) is 14.4. The Kier molecular flexibility index (Phi) is 5.60. The average Bonchev–Trinajstić information content (AvgIpc) is 2.56. The summed E-state index contributed by atoms with van der Waals surface area (Å²) in [5, 5.41) is 3.61. The number of nitrogens with one attached hydrogen (secondary N) is 1. The van der Waals surface area contributed by atoms with Crippen molar-refractivity contribution < 1.29 is 22.1 Å². The molecule has 0 heterocycles. The molecule has 0 atom stereocenters. The number of primary amides is 1. The Balaban J connectivity index is 2.25. The van der Waals surface area contributed by atoms with Crippen molar-refractivity contribution in [2.24, 2.45) is 10.8 Å². The minimum absolute atomic E-state index is 0.0306. The second-order valence-corrected chi connectivity index (χ2v) is 6.54. The quantitative estimate of drug-likeness (QED) is 0.460. The summed E-state index contributed by atoms with van der Waals surface area (Å²) in [5.74, 6) is 0.224. The molecule has 0 aliphatic rings. The van der Waals surface area contributed by atoms with E-state index in [-0.39, 0.29) is 16.4 Å². The highest BCUT2D eigenvalue weighted by Gasteiger charge is 2.19. The first-order chi connectivity index (χ1) is 11.8. The number of hydrazone groups is 1. The molecule has 0 saturated carbocycles. The molecule has 2 amide bonds. The van der Waals surface area contributed by atoms with Crippen molar-refractivity contribution in [3.63, 3.8) is 0 Å². The first kappa shape index (κ1) is 18.3. The second kappa shape index (κ2) is 7.67. The number of amides is 2. The summed E-state index contributed by atoms with van der Waals surface area (Å²) in [4.78, 5) is 10.6. The number of urea groups is 1. The molecule has 0 aromatic heterocycles. The number of benzene rings is 2. The van der Waals surface area contributed by atoms with Crippen LogP contribution in [0.1, 0.15) is 11.1 Å². The number of carbonyl (C=O) groups excluding carboxylic acids is 1. The van der Waals surface area contributed by atoms with Gasteiger partial charge in [-0.25, -0.2) is 10.2 Å². The zero-order valence-electron chi connectivity index (χ0n) is 13.6. The summed E-state index contributed by atoms with van der Waals surface area (Å²) >= 11 is 0. The molecule has 132 valence electrons. The van der Waals surface area contributed by atoms with E-state index in [0.717, 1.165) is 5.56 Å². The fourth-order valence-electron chi connectivity index (χ4n) is 1.87. The molecule has 3 N–H and O–H groups in total. The van der Waals surface area contributed by atoms with Gasteiger partial charge in [-0.3, -0.25) is 0 Å². The molecule has 0 aliphatic carbocycles. The van der Waals surface area contributed by atoms with E-state index >= 15 is 0 Å². The lowest BCUT2D eigenvalue weighted by molar-refractivity contribution is 0.249. The van der Waals surface area contributed by atoms with Crippen LogP contribution in [0.3, 0.4) is 0 Å². The highest BCUT2D eigenvalue weighted by Crippen LogP contribution is 2.30. The van der Waals surface area contributed by atoms with E-state index in [4.69, 9.17) is 14.7 Å². The Morgan fingerprint density at radius 2 is 1.84 bits per heavy atom. The van der Waals surface area contributed by atoms with Gasteiger partial charge >= 0.3 is 16.1 Å². The molecular weight excluding hydrogens is 346 g/mol. The maximum Gasteiger partial charge on any atom is 0.339 e. The first-order valence-electron chi connectivity index (χ1n) is 7.09. The predicted molar refractivity (Wildman–Crippen MR) is 92.3 cm³/mol. The zero-order chi connectivity index (χ0) is 18.4. The summed E-state index contributed by atoms with van der Waals surface area (Å²) < 4.78 is 35.0. The average molecular weight is 363 g/mol. The smallest absolute Gasteiger partial charge is 0.339 e. The molecule has 9 heteroatoms. The van der Waals surface area contributed by atoms with Crippen molar-refractivity contribution >= 4 is 22.4 Å². The minimum atomic E-state index is -3.99. The van der Waals surface area contributed by atoms with Gasteiger partial charge in [-0.2, -0.15) is 13.5 Å². The fourth-order valence-corrected chi connectivity index (χ4v) is 2.81.